The molecular weight excluding hydrogens is 524 g/mol. The molecule has 0 heterocycles. The summed E-state index contributed by atoms with van der Waals surface area (Å²) in [5, 5.41) is 44.3. The van der Waals surface area contributed by atoms with Gasteiger partial charge in [-0.15, -0.1) is 0 Å². The summed E-state index contributed by atoms with van der Waals surface area (Å²) >= 11 is -4.03. The van der Waals surface area contributed by atoms with Gasteiger partial charge in [0.05, 0.1) is 26.2 Å². The van der Waals surface area contributed by atoms with E-state index in [1.165, 1.54) is 0 Å². The molecule has 1 unspecified atom stereocenters. The summed E-state index contributed by atoms with van der Waals surface area (Å²) in [6.45, 7) is -3.50. The zero-order chi connectivity index (χ0) is 20.2. The summed E-state index contributed by atoms with van der Waals surface area (Å²) < 4.78 is 24.6. The van der Waals surface area contributed by atoms with Gasteiger partial charge in [-0.3, -0.25) is 29.0 Å². The Hall–Kier alpha value is -1.99. The van der Waals surface area contributed by atoms with E-state index in [1.807, 2.05) is 0 Å². The van der Waals surface area contributed by atoms with Gasteiger partial charge < -0.3 is 25.5 Å². The predicted octanol–water partition coefficient (Wildman–Crippen LogP) is -3.55. The summed E-state index contributed by atoms with van der Waals surface area (Å²) in [7, 11) is 0. The maximum absolute atomic E-state index is 10.6. The second-order valence-corrected chi connectivity index (χ2v) is 5.91. The molecule has 0 aliphatic heterocycles. The summed E-state index contributed by atoms with van der Waals surface area (Å²) in [5.41, 5.74) is 0. The summed E-state index contributed by atoms with van der Waals surface area (Å²) in [6.07, 6.45) is -1.64. The number of carboxylic acids is 4. The van der Waals surface area contributed by atoms with Gasteiger partial charge in [0.1, 0.15) is 6.23 Å². The van der Waals surface area contributed by atoms with Crippen molar-refractivity contribution in [2.24, 2.45) is 0 Å². The first-order valence-corrected chi connectivity index (χ1v) is 9.85. The Morgan fingerprint density at radius 2 is 1.04 bits per heavy atom. The van der Waals surface area contributed by atoms with Gasteiger partial charge in [-0.25, -0.2) is 0 Å². The van der Waals surface area contributed by atoms with Gasteiger partial charge in [-0.2, -0.15) is 0 Å². The fourth-order valence-corrected chi connectivity index (χ4v) is 1.53. The van der Waals surface area contributed by atoms with Crippen LogP contribution in [-0.2, 0) is 43.6 Å². The average molecular weight is 541 g/mol. The second-order valence-electron chi connectivity index (χ2n) is 4.35. The van der Waals surface area contributed by atoms with Crippen molar-refractivity contribution in [1.82, 2.24) is 9.80 Å². The zero-order valence-corrected chi connectivity index (χ0v) is 15.5. The SMILES string of the molecule is O=C(O)CN(CC(=O)O)CC(O)N(CC(=O)O)CC(=O)O.[O]=[W](=[O])[OH]. The normalized spacial score (nSPS) is 11.4. The molecule has 25 heavy (non-hydrogen) atoms. The summed E-state index contributed by atoms with van der Waals surface area (Å²) in [4.78, 5) is 43.8. The Labute approximate surface area is 146 Å². The number of rotatable bonds is 11. The number of carbonyl (C=O) groups is 4. The second kappa shape index (κ2) is 13.3. The van der Waals surface area contributed by atoms with Crippen LogP contribution in [0, 0.1) is 0 Å². The number of aliphatic hydroxyl groups is 1. The Morgan fingerprint density at radius 3 is 1.28 bits per heavy atom. The number of aliphatic carboxylic acids is 4. The van der Waals surface area contributed by atoms with Crippen LogP contribution in [0.15, 0.2) is 0 Å². The monoisotopic (exact) mass is 541 g/mol. The van der Waals surface area contributed by atoms with Crippen molar-refractivity contribution < 1.29 is 72.9 Å². The van der Waals surface area contributed by atoms with Crippen molar-refractivity contribution >= 4 is 23.9 Å². The number of aliphatic hydroxyl groups excluding tert-OH is 1. The van der Waals surface area contributed by atoms with E-state index in [1.54, 1.807) is 0 Å². The van der Waals surface area contributed by atoms with Gasteiger partial charge in [-0.05, 0) is 0 Å². The van der Waals surface area contributed by atoms with Crippen molar-refractivity contribution in [3.05, 3.63) is 0 Å². The first-order valence-electron chi connectivity index (χ1n) is 6.15. The summed E-state index contributed by atoms with van der Waals surface area (Å²) in [6, 6.07) is 0. The molecule has 0 aromatic carbocycles. The van der Waals surface area contributed by atoms with E-state index >= 15 is 0 Å². The van der Waals surface area contributed by atoms with Crippen molar-refractivity contribution in [3.8, 4) is 0 Å². The molecule has 14 nitrogen and oxygen atoms in total. The van der Waals surface area contributed by atoms with E-state index in [2.05, 4.69) is 0 Å². The molecule has 0 bridgehead atoms. The number of nitrogens with zero attached hydrogens (tertiary/aromatic N) is 2. The first kappa shape index (κ1) is 25.3. The van der Waals surface area contributed by atoms with E-state index in [4.69, 9.17) is 31.0 Å². The van der Waals surface area contributed by atoms with Crippen molar-refractivity contribution in [2.45, 2.75) is 6.23 Å². The van der Waals surface area contributed by atoms with Crippen LogP contribution in [0.5, 0.6) is 0 Å². The Bertz CT molecular complexity index is 508. The Morgan fingerprint density at radius 1 is 0.760 bits per heavy atom. The van der Waals surface area contributed by atoms with Crippen LogP contribution in [0.2, 0.25) is 0 Å². The molecule has 0 saturated carbocycles. The molecule has 1 atom stereocenters. The number of hydrogen-bond acceptors (Lipinski definition) is 9. The van der Waals surface area contributed by atoms with Crippen LogP contribution in [0.25, 0.3) is 0 Å². The molecule has 0 aromatic rings. The minimum absolute atomic E-state index is 0.529. The van der Waals surface area contributed by atoms with E-state index in [-0.39, 0.29) is 0 Å². The molecule has 0 aliphatic rings. The molecule has 0 saturated heterocycles. The van der Waals surface area contributed by atoms with Crippen LogP contribution >= 0.6 is 0 Å². The third kappa shape index (κ3) is 18.2. The molecule has 0 rings (SSSR count). The molecule has 0 amide bonds. The van der Waals surface area contributed by atoms with Gasteiger partial charge in [0.2, 0.25) is 0 Å². The third-order valence-corrected chi connectivity index (χ3v) is 2.24. The van der Waals surface area contributed by atoms with Crippen LogP contribution in [-0.4, -0.2) is 102 Å². The van der Waals surface area contributed by atoms with Gasteiger partial charge in [0.15, 0.2) is 0 Å². The minimum atomic E-state index is -4.03. The van der Waals surface area contributed by atoms with Crippen LogP contribution in [0.1, 0.15) is 0 Å². The number of hydrogen-bond donors (Lipinski definition) is 6. The number of carboxylic acid groups (broad SMARTS) is 4. The van der Waals surface area contributed by atoms with Crippen LogP contribution in [0.3, 0.4) is 0 Å². The fourth-order valence-electron chi connectivity index (χ4n) is 1.53. The van der Waals surface area contributed by atoms with E-state index in [0.29, 0.717) is 4.90 Å². The molecule has 0 aromatic heterocycles. The van der Waals surface area contributed by atoms with Crippen molar-refractivity contribution in [1.29, 1.82) is 0 Å². The van der Waals surface area contributed by atoms with Gasteiger partial charge in [0.25, 0.3) is 0 Å². The molecule has 0 aliphatic carbocycles. The maximum atomic E-state index is 10.6. The van der Waals surface area contributed by atoms with Crippen LogP contribution < -0.4 is 0 Å². The topological polar surface area (TPSA) is 230 Å². The van der Waals surface area contributed by atoms with E-state index in [0.717, 1.165) is 4.90 Å². The Kier molecular flexibility index (Phi) is 13.4. The van der Waals surface area contributed by atoms with Gasteiger partial charge >= 0.3 is 52.1 Å². The molecular formula is C10H17N2O12W. The quantitative estimate of drug-likeness (QED) is 0.139. The predicted molar refractivity (Wildman–Crippen MR) is 68.2 cm³/mol. The zero-order valence-electron chi connectivity index (χ0n) is 12.5. The molecule has 0 fully saturated rings. The molecule has 145 valence electrons. The standard InChI is InChI=1S/C10H16N2O9.H2O.2O.W/c13-6(12(4-9(18)19)5-10(20)21)1-11(2-7(14)15)3-8(16)17;;;;/h6,13H,1-5H2,(H,14,15)(H,16,17)(H,18,19)(H,20,21);1H2;;;/q;;;;+1/p-1. The first-order chi connectivity index (χ1) is 11.3. The van der Waals surface area contributed by atoms with Gasteiger partial charge in [-0.1, -0.05) is 0 Å². The van der Waals surface area contributed by atoms with Crippen molar-refractivity contribution in [2.75, 3.05) is 32.7 Å². The third-order valence-electron chi connectivity index (χ3n) is 2.24. The molecule has 0 radical (unpaired) electrons. The summed E-state index contributed by atoms with van der Waals surface area (Å²) in [5.74, 6) is -5.46. The van der Waals surface area contributed by atoms with Crippen LogP contribution in [0.4, 0.5) is 0 Å². The fraction of sp³-hybridized carbons (Fsp3) is 0.600. The van der Waals surface area contributed by atoms with Crippen molar-refractivity contribution in [3.63, 3.8) is 0 Å². The molecule has 6 N–H and O–H groups in total. The van der Waals surface area contributed by atoms with E-state index < -0.39 is 80.4 Å². The molecule has 0 spiro atoms. The molecule has 15 heteroatoms. The average Bonchev–Trinajstić information content (AvgIpc) is 2.33. The van der Waals surface area contributed by atoms with E-state index in [9.17, 15) is 24.3 Å². The Balaban J connectivity index is 0. The van der Waals surface area contributed by atoms with Gasteiger partial charge in [0, 0.05) is 6.54 Å².